The fourth-order valence-corrected chi connectivity index (χ4v) is 3.35. The van der Waals surface area contributed by atoms with Gasteiger partial charge in [-0.15, -0.1) is 13.2 Å². The van der Waals surface area contributed by atoms with Gasteiger partial charge in [0.2, 0.25) is 0 Å². The lowest BCUT2D eigenvalue weighted by molar-refractivity contribution is -0.275. The molecule has 4 rings (SSSR count). The number of nitrogens with zero attached hydrogens (tertiary/aromatic N) is 2. The first-order valence-corrected chi connectivity index (χ1v) is 7.38. The SMILES string of the molecule is CCN1CC2CC(C1)N2Cc1ccc(OC(F)(F)F)c(F)c1. The number of fused-ring (bicyclic) bond motifs is 2. The van der Waals surface area contributed by atoms with E-state index >= 15 is 0 Å². The molecule has 2 bridgehead atoms. The van der Waals surface area contributed by atoms with Crippen LogP contribution in [-0.4, -0.2) is 47.9 Å². The molecule has 1 aromatic rings. The quantitative estimate of drug-likeness (QED) is 0.794. The summed E-state index contributed by atoms with van der Waals surface area (Å²) in [6.07, 6.45) is -3.73. The predicted octanol–water partition coefficient (Wildman–Crippen LogP) is 3.00. The third-order valence-corrected chi connectivity index (χ3v) is 4.45. The van der Waals surface area contributed by atoms with Gasteiger partial charge in [0.15, 0.2) is 11.6 Å². The van der Waals surface area contributed by atoms with Gasteiger partial charge in [-0.25, -0.2) is 4.39 Å². The Hall–Kier alpha value is -1.34. The minimum absolute atomic E-state index is 0.466. The maximum absolute atomic E-state index is 13.7. The van der Waals surface area contributed by atoms with Crippen molar-refractivity contribution in [2.45, 2.75) is 38.3 Å². The highest BCUT2D eigenvalue weighted by molar-refractivity contribution is 5.30. The van der Waals surface area contributed by atoms with Crippen molar-refractivity contribution in [3.05, 3.63) is 29.6 Å². The molecule has 3 aliphatic heterocycles. The molecular formula is C15H18F4N2O. The number of likely N-dealkylation sites (N-methyl/N-ethyl adjacent to an activating group) is 1. The van der Waals surface area contributed by atoms with E-state index in [1.165, 1.54) is 6.07 Å². The van der Waals surface area contributed by atoms with Gasteiger partial charge in [-0.1, -0.05) is 13.0 Å². The Kier molecular flexibility index (Phi) is 4.03. The monoisotopic (exact) mass is 318 g/mol. The predicted molar refractivity (Wildman–Crippen MR) is 72.9 cm³/mol. The topological polar surface area (TPSA) is 15.7 Å². The van der Waals surface area contributed by atoms with E-state index in [1.807, 2.05) is 0 Å². The van der Waals surface area contributed by atoms with Gasteiger partial charge in [-0.2, -0.15) is 0 Å². The third kappa shape index (κ3) is 3.20. The molecule has 0 saturated carbocycles. The molecule has 0 N–H and O–H groups in total. The van der Waals surface area contributed by atoms with Gasteiger partial charge in [0, 0.05) is 31.7 Å². The average Bonchev–Trinajstić information content (AvgIpc) is 2.46. The molecule has 22 heavy (non-hydrogen) atoms. The molecule has 3 nitrogen and oxygen atoms in total. The number of hydrogen-bond acceptors (Lipinski definition) is 3. The summed E-state index contributed by atoms with van der Waals surface area (Å²) in [5, 5.41) is 0. The molecule has 0 amide bonds. The van der Waals surface area contributed by atoms with E-state index in [0.717, 1.165) is 38.2 Å². The summed E-state index contributed by atoms with van der Waals surface area (Å²) < 4.78 is 53.7. The third-order valence-electron chi connectivity index (χ3n) is 4.45. The minimum Gasteiger partial charge on any atom is -0.403 e. The Morgan fingerprint density at radius 3 is 2.45 bits per heavy atom. The number of alkyl halides is 3. The van der Waals surface area contributed by atoms with Crippen LogP contribution in [0.2, 0.25) is 0 Å². The summed E-state index contributed by atoms with van der Waals surface area (Å²) >= 11 is 0. The van der Waals surface area contributed by atoms with Crippen LogP contribution in [0.5, 0.6) is 5.75 Å². The molecule has 0 aromatic heterocycles. The Balaban J connectivity index is 1.64. The maximum atomic E-state index is 13.7. The first-order chi connectivity index (χ1) is 10.4. The second kappa shape index (κ2) is 5.70. The van der Waals surface area contributed by atoms with Crippen LogP contribution in [0, 0.1) is 5.82 Å². The molecule has 2 atom stereocenters. The summed E-state index contributed by atoms with van der Waals surface area (Å²) in [6.45, 7) is 5.73. The highest BCUT2D eigenvalue weighted by atomic mass is 19.4. The van der Waals surface area contributed by atoms with Crippen molar-refractivity contribution in [3.8, 4) is 5.75 Å². The van der Waals surface area contributed by atoms with Crippen molar-refractivity contribution >= 4 is 0 Å². The van der Waals surface area contributed by atoms with Gasteiger partial charge < -0.3 is 9.64 Å². The summed E-state index contributed by atoms with van der Waals surface area (Å²) in [6, 6.07) is 4.61. The molecule has 3 saturated heterocycles. The van der Waals surface area contributed by atoms with E-state index < -0.39 is 17.9 Å². The van der Waals surface area contributed by atoms with Crippen LogP contribution < -0.4 is 4.74 Å². The molecule has 1 aromatic carbocycles. The fraction of sp³-hybridized carbons (Fsp3) is 0.600. The number of rotatable bonds is 4. The van der Waals surface area contributed by atoms with Gasteiger partial charge >= 0.3 is 6.36 Å². The van der Waals surface area contributed by atoms with Crippen LogP contribution in [0.4, 0.5) is 17.6 Å². The number of piperidine rings is 1. The van der Waals surface area contributed by atoms with Crippen LogP contribution in [0.25, 0.3) is 0 Å². The molecule has 0 aliphatic carbocycles. The Morgan fingerprint density at radius 1 is 1.23 bits per heavy atom. The zero-order valence-electron chi connectivity index (χ0n) is 12.2. The van der Waals surface area contributed by atoms with E-state index in [9.17, 15) is 17.6 Å². The van der Waals surface area contributed by atoms with Crippen LogP contribution in [-0.2, 0) is 6.54 Å². The van der Waals surface area contributed by atoms with Gasteiger partial charge in [-0.3, -0.25) is 4.90 Å². The molecule has 3 aliphatic rings. The van der Waals surface area contributed by atoms with E-state index in [-0.39, 0.29) is 0 Å². The first kappa shape index (κ1) is 15.6. The lowest BCUT2D eigenvalue weighted by atomic mass is 9.87. The Labute approximate surface area is 126 Å². The van der Waals surface area contributed by atoms with Crippen LogP contribution in [0.15, 0.2) is 18.2 Å². The van der Waals surface area contributed by atoms with Gasteiger partial charge in [0.25, 0.3) is 0 Å². The lowest BCUT2D eigenvalue weighted by Gasteiger charge is -2.56. The molecule has 0 radical (unpaired) electrons. The summed E-state index contributed by atoms with van der Waals surface area (Å²) in [5.41, 5.74) is 0.673. The normalized spacial score (nSPS) is 25.9. The largest absolute Gasteiger partial charge is 0.573 e. The summed E-state index contributed by atoms with van der Waals surface area (Å²) in [5.74, 6) is -1.76. The summed E-state index contributed by atoms with van der Waals surface area (Å²) in [7, 11) is 0. The maximum Gasteiger partial charge on any atom is 0.573 e. The molecule has 3 fully saturated rings. The van der Waals surface area contributed by atoms with Gasteiger partial charge in [0.05, 0.1) is 0 Å². The highest BCUT2D eigenvalue weighted by Crippen LogP contribution is 2.34. The molecule has 2 unspecified atom stereocenters. The Bertz CT molecular complexity index is 537. The number of halogens is 4. The van der Waals surface area contributed by atoms with E-state index in [1.54, 1.807) is 0 Å². The molecule has 7 heteroatoms. The number of benzene rings is 1. The van der Waals surface area contributed by atoms with Crippen LogP contribution in [0.1, 0.15) is 18.9 Å². The van der Waals surface area contributed by atoms with Crippen molar-refractivity contribution in [1.29, 1.82) is 0 Å². The van der Waals surface area contributed by atoms with Crippen molar-refractivity contribution in [1.82, 2.24) is 9.80 Å². The minimum atomic E-state index is -4.87. The van der Waals surface area contributed by atoms with Crippen LogP contribution >= 0.6 is 0 Å². The van der Waals surface area contributed by atoms with E-state index in [0.29, 0.717) is 24.2 Å². The second-order valence-corrected chi connectivity index (χ2v) is 5.88. The number of piperazine rings is 1. The molecule has 122 valence electrons. The van der Waals surface area contributed by atoms with Crippen molar-refractivity contribution in [2.24, 2.45) is 0 Å². The van der Waals surface area contributed by atoms with Gasteiger partial charge in [-0.05, 0) is 30.7 Å². The Morgan fingerprint density at radius 2 is 1.91 bits per heavy atom. The smallest absolute Gasteiger partial charge is 0.403 e. The standard InChI is InChI=1S/C15H18F4N2O/c1-2-20-8-11-6-12(9-20)21(11)7-10-3-4-14(13(16)5-10)22-15(17,18)19/h3-5,11-12H,2,6-9H2,1H3. The number of ether oxygens (including phenoxy) is 1. The zero-order chi connectivity index (χ0) is 15.9. The van der Waals surface area contributed by atoms with Crippen molar-refractivity contribution < 1.29 is 22.3 Å². The zero-order valence-corrected chi connectivity index (χ0v) is 12.2. The van der Waals surface area contributed by atoms with Crippen molar-refractivity contribution in [2.75, 3.05) is 19.6 Å². The molecule has 3 heterocycles. The molecule has 0 spiro atoms. The number of hydrogen-bond donors (Lipinski definition) is 0. The summed E-state index contributed by atoms with van der Waals surface area (Å²) in [4.78, 5) is 4.68. The van der Waals surface area contributed by atoms with Crippen LogP contribution in [0.3, 0.4) is 0 Å². The van der Waals surface area contributed by atoms with E-state index in [2.05, 4.69) is 21.5 Å². The second-order valence-electron chi connectivity index (χ2n) is 5.88. The van der Waals surface area contributed by atoms with E-state index in [4.69, 9.17) is 0 Å². The fourth-order valence-electron chi connectivity index (χ4n) is 3.35. The van der Waals surface area contributed by atoms with Gasteiger partial charge in [0.1, 0.15) is 0 Å². The average molecular weight is 318 g/mol. The van der Waals surface area contributed by atoms with Crippen molar-refractivity contribution in [3.63, 3.8) is 0 Å². The lowest BCUT2D eigenvalue weighted by Crippen LogP contribution is -2.67. The first-order valence-electron chi connectivity index (χ1n) is 7.38. The molecular weight excluding hydrogens is 300 g/mol. The highest BCUT2D eigenvalue weighted by Gasteiger charge is 2.43.